The topological polar surface area (TPSA) is 90.9 Å². The van der Waals surface area contributed by atoms with E-state index in [0.29, 0.717) is 40.9 Å². The molecular weight excluding hydrogens is 453 g/mol. The van der Waals surface area contributed by atoms with Gasteiger partial charge in [0.05, 0.1) is 17.9 Å². The molecule has 0 saturated carbocycles. The predicted octanol–water partition coefficient (Wildman–Crippen LogP) is 3.47. The lowest BCUT2D eigenvalue weighted by Crippen LogP contribution is -2.40. The van der Waals surface area contributed by atoms with Gasteiger partial charge >= 0.3 is 5.69 Å². The first-order chi connectivity index (χ1) is 15.2. The molecule has 3 heterocycles. The third-order valence-electron chi connectivity index (χ3n) is 5.36. The molecule has 0 spiro atoms. The van der Waals surface area contributed by atoms with Crippen molar-refractivity contribution in [3.63, 3.8) is 0 Å². The Bertz CT molecular complexity index is 1380. The maximum absolute atomic E-state index is 13.1. The molecule has 166 valence electrons. The average molecular weight is 474 g/mol. The number of benzene rings is 1. The van der Waals surface area contributed by atoms with E-state index in [9.17, 15) is 14.4 Å². The molecule has 0 atom stereocenters. The molecule has 10 heteroatoms. The van der Waals surface area contributed by atoms with Crippen LogP contribution in [0.3, 0.4) is 0 Å². The number of fused-ring (bicyclic) bond motifs is 1. The first-order valence-electron chi connectivity index (χ1n) is 10.1. The molecule has 0 unspecified atom stereocenters. The number of halogens is 2. The average Bonchev–Trinajstić information content (AvgIpc) is 3.22. The van der Waals surface area contributed by atoms with Gasteiger partial charge in [0, 0.05) is 24.2 Å². The number of allylic oxidation sites excluding steroid dienone is 1. The molecule has 0 fully saturated rings. The highest BCUT2D eigenvalue weighted by atomic mass is 35.5. The highest BCUT2D eigenvalue weighted by Crippen LogP contribution is 2.29. The van der Waals surface area contributed by atoms with Crippen LogP contribution in [0.25, 0.3) is 6.08 Å². The summed E-state index contributed by atoms with van der Waals surface area (Å²) in [7, 11) is 1.37. The van der Waals surface area contributed by atoms with Gasteiger partial charge in [-0.1, -0.05) is 42.3 Å². The molecule has 3 aromatic rings. The molecule has 0 saturated heterocycles. The van der Waals surface area contributed by atoms with Crippen LogP contribution < -0.4 is 16.6 Å². The number of carbonyl (C=O) groups excluding carboxylic acids is 1. The van der Waals surface area contributed by atoms with Crippen LogP contribution in [0.1, 0.15) is 40.5 Å². The van der Waals surface area contributed by atoms with Crippen LogP contribution in [0.15, 0.2) is 39.6 Å². The van der Waals surface area contributed by atoms with Crippen molar-refractivity contribution in [3.8, 4) is 0 Å². The number of nitrogens with one attached hydrogen (secondary N) is 1. The quantitative estimate of drug-likeness (QED) is 0.572. The summed E-state index contributed by atoms with van der Waals surface area (Å²) in [6.07, 6.45) is 2.24. The zero-order valence-corrected chi connectivity index (χ0v) is 19.3. The Morgan fingerprint density at radius 2 is 1.81 bits per heavy atom. The van der Waals surface area contributed by atoms with Gasteiger partial charge < -0.3 is 5.32 Å². The zero-order chi connectivity index (χ0) is 23.2. The summed E-state index contributed by atoms with van der Waals surface area (Å²) in [6.45, 7) is 4.50. The van der Waals surface area contributed by atoms with Crippen molar-refractivity contribution in [3.05, 3.63) is 83.4 Å². The number of nitrogens with zero attached hydrogens (tertiary/aromatic N) is 4. The van der Waals surface area contributed by atoms with E-state index in [-0.39, 0.29) is 17.1 Å². The lowest BCUT2D eigenvalue weighted by Gasteiger charge is -2.11. The largest absolute Gasteiger partial charge is 0.338 e. The molecule has 2 aromatic heterocycles. The molecule has 32 heavy (non-hydrogen) atoms. The number of carbonyl (C=O) groups is 1. The molecule has 0 bridgehead atoms. The summed E-state index contributed by atoms with van der Waals surface area (Å²) in [5, 5.41) is 8.44. The van der Waals surface area contributed by atoms with Crippen LogP contribution in [-0.4, -0.2) is 24.7 Å². The Morgan fingerprint density at radius 1 is 1.12 bits per heavy atom. The number of Topliss-reactive ketones (excluding diaryl/α,β-unsaturated/α-hetero) is 1. The lowest BCUT2D eigenvalue weighted by molar-refractivity contribution is 0.104. The zero-order valence-electron chi connectivity index (χ0n) is 17.8. The molecule has 1 N–H and O–H groups in total. The fourth-order valence-electron chi connectivity index (χ4n) is 3.70. The van der Waals surface area contributed by atoms with Crippen LogP contribution in [-0.2, 0) is 20.1 Å². The van der Waals surface area contributed by atoms with Crippen molar-refractivity contribution in [1.29, 1.82) is 0 Å². The van der Waals surface area contributed by atoms with Crippen LogP contribution >= 0.6 is 23.2 Å². The molecule has 1 aliphatic heterocycles. The van der Waals surface area contributed by atoms with Crippen molar-refractivity contribution in [2.75, 3.05) is 5.32 Å². The monoisotopic (exact) mass is 473 g/mol. The molecular formula is C22H21Cl2N5O3. The summed E-state index contributed by atoms with van der Waals surface area (Å²) in [5.41, 5.74) is 1.18. The van der Waals surface area contributed by atoms with E-state index >= 15 is 0 Å². The van der Waals surface area contributed by atoms with Gasteiger partial charge in [0.25, 0.3) is 5.56 Å². The van der Waals surface area contributed by atoms with Crippen LogP contribution in [0.2, 0.25) is 10.2 Å². The first kappa shape index (κ1) is 22.1. The van der Waals surface area contributed by atoms with E-state index < -0.39 is 17.0 Å². The third kappa shape index (κ3) is 3.69. The Balaban J connectivity index is 1.74. The number of anilines is 1. The minimum atomic E-state index is -0.625. The van der Waals surface area contributed by atoms with Gasteiger partial charge in [0.1, 0.15) is 16.5 Å². The van der Waals surface area contributed by atoms with Crippen molar-refractivity contribution >= 4 is 40.9 Å². The minimum Gasteiger partial charge on any atom is -0.338 e. The third-order valence-corrected chi connectivity index (χ3v) is 6.01. The Labute approximate surface area is 193 Å². The van der Waals surface area contributed by atoms with Gasteiger partial charge in [-0.3, -0.25) is 18.7 Å². The number of hydrogen-bond acceptors (Lipinski definition) is 5. The van der Waals surface area contributed by atoms with Crippen LogP contribution in [0.4, 0.5) is 5.82 Å². The number of aromatic nitrogens is 4. The number of rotatable bonds is 5. The standard InChI is InChI=1S/C22H21Cl2N5O3/c1-4-9-28-20-17(21(31)27(3)22(28)32)18(30)16(25-20)10-15-12(2)26-29(19(15)24)11-13-5-7-14(23)8-6-13/h5-8,10,25H,4,9,11H2,1-3H3/b16-10-. The van der Waals surface area contributed by atoms with E-state index in [4.69, 9.17) is 23.2 Å². The Hall–Kier alpha value is -3.10. The molecule has 0 amide bonds. The smallest absolute Gasteiger partial charge is 0.332 e. The van der Waals surface area contributed by atoms with Crippen molar-refractivity contribution in [1.82, 2.24) is 18.9 Å². The maximum Gasteiger partial charge on any atom is 0.332 e. The van der Waals surface area contributed by atoms with E-state index in [1.807, 2.05) is 19.1 Å². The number of aryl methyl sites for hydroxylation is 1. The second-order valence-electron chi connectivity index (χ2n) is 7.61. The van der Waals surface area contributed by atoms with Gasteiger partial charge in [0.2, 0.25) is 5.78 Å². The lowest BCUT2D eigenvalue weighted by atomic mass is 10.1. The Kier molecular flexibility index (Phi) is 5.83. The first-order valence-corrected chi connectivity index (χ1v) is 10.8. The van der Waals surface area contributed by atoms with Crippen molar-refractivity contribution in [2.45, 2.75) is 33.4 Å². The summed E-state index contributed by atoms with van der Waals surface area (Å²) in [6, 6.07) is 7.35. The van der Waals surface area contributed by atoms with E-state index in [0.717, 1.165) is 10.1 Å². The van der Waals surface area contributed by atoms with Crippen LogP contribution in [0.5, 0.6) is 0 Å². The molecule has 1 aromatic carbocycles. The highest BCUT2D eigenvalue weighted by molar-refractivity contribution is 6.31. The predicted molar refractivity (Wildman–Crippen MR) is 125 cm³/mol. The normalized spacial score (nSPS) is 14.2. The fourth-order valence-corrected chi connectivity index (χ4v) is 4.11. The van der Waals surface area contributed by atoms with Gasteiger partial charge in [-0.25, -0.2) is 9.48 Å². The molecule has 1 aliphatic rings. The van der Waals surface area contributed by atoms with Gasteiger partial charge in [0.15, 0.2) is 0 Å². The van der Waals surface area contributed by atoms with Gasteiger partial charge in [-0.2, -0.15) is 5.10 Å². The van der Waals surface area contributed by atoms with Crippen molar-refractivity contribution in [2.24, 2.45) is 7.05 Å². The SMILES string of the molecule is CCCn1c2c(c(=O)n(C)c1=O)C(=O)/C(=C/c1c(C)nn(Cc3ccc(Cl)cc3)c1Cl)N2. The van der Waals surface area contributed by atoms with E-state index in [1.165, 1.54) is 11.6 Å². The summed E-state index contributed by atoms with van der Waals surface area (Å²) in [5.74, 6) is -0.259. The maximum atomic E-state index is 13.1. The molecule has 0 radical (unpaired) electrons. The second kappa shape index (κ2) is 8.44. The van der Waals surface area contributed by atoms with Crippen LogP contribution in [0, 0.1) is 6.92 Å². The molecule has 8 nitrogen and oxygen atoms in total. The highest BCUT2D eigenvalue weighted by Gasteiger charge is 2.33. The fraction of sp³-hybridized carbons (Fsp3) is 0.273. The van der Waals surface area contributed by atoms with Gasteiger partial charge in [-0.15, -0.1) is 0 Å². The van der Waals surface area contributed by atoms with E-state index in [1.54, 1.807) is 29.8 Å². The minimum absolute atomic E-state index is 0.0471. The number of ketones is 1. The molecule has 4 rings (SSSR count). The van der Waals surface area contributed by atoms with Gasteiger partial charge in [-0.05, 0) is 37.1 Å². The Morgan fingerprint density at radius 3 is 2.47 bits per heavy atom. The van der Waals surface area contributed by atoms with Crippen molar-refractivity contribution < 1.29 is 4.79 Å². The van der Waals surface area contributed by atoms with E-state index in [2.05, 4.69) is 10.4 Å². The molecule has 0 aliphatic carbocycles. The second-order valence-corrected chi connectivity index (χ2v) is 8.40. The summed E-state index contributed by atoms with van der Waals surface area (Å²) >= 11 is 12.5. The number of hydrogen-bond donors (Lipinski definition) is 1. The summed E-state index contributed by atoms with van der Waals surface area (Å²) < 4.78 is 4.00. The summed E-state index contributed by atoms with van der Waals surface area (Å²) in [4.78, 5) is 38.2.